The van der Waals surface area contributed by atoms with E-state index in [0.29, 0.717) is 5.54 Å². The van der Waals surface area contributed by atoms with Crippen molar-refractivity contribution in [3.63, 3.8) is 0 Å². The van der Waals surface area contributed by atoms with Gasteiger partial charge in [-0.2, -0.15) is 0 Å². The van der Waals surface area contributed by atoms with Crippen LogP contribution < -0.4 is 5.32 Å². The van der Waals surface area contributed by atoms with Gasteiger partial charge in [0, 0.05) is 30.7 Å². The fraction of sp³-hybridized carbons (Fsp3) is 1.00. The minimum absolute atomic E-state index is 0.401. The Morgan fingerprint density at radius 2 is 1.78 bits per heavy atom. The number of nitrogens with one attached hydrogen (secondary N) is 1. The first-order chi connectivity index (χ1) is 8.51. The van der Waals surface area contributed by atoms with Gasteiger partial charge < -0.3 is 5.32 Å². The van der Waals surface area contributed by atoms with Gasteiger partial charge in [0.2, 0.25) is 0 Å². The maximum absolute atomic E-state index is 3.85. The van der Waals surface area contributed by atoms with Crippen LogP contribution in [0.1, 0.15) is 53.4 Å². The first-order valence-corrected chi connectivity index (χ1v) is 8.02. The summed E-state index contributed by atoms with van der Waals surface area (Å²) in [6.45, 7) is 12.3. The monoisotopic (exact) mass is 250 g/mol. The largest absolute Gasteiger partial charge is 0.308 e. The highest BCUT2D eigenvalue weighted by Crippen LogP contribution is 2.43. The molecule has 1 saturated heterocycles. The second kappa shape index (κ2) is 4.49. The Hall–Kier alpha value is -0.0800. The predicted molar refractivity (Wildman–Crippen MR) is 76.6 cm³/mol. The molecule has 5 unspecified atom stereocenters. The van der Waals surface area contributed by atoms with Crippen molar-refractivity contribution in [1.82, 2.24) is 10.2 Å². The van der Waals surface area contributed by atoms with E-state index in [0.717, 1.165) is 29.8 Å². The Balaban J connectivity index is 1.73. The van der Waals surface area contributed by atoms with E-state index in [1.54, 1.807) is 0 Å². The van der Waals surface area contributed by atoms with E-state index < -0.39 is 0 Å². The predicted octanol–water partition coefficient (Wildman–Crippen LogP) is 2.88. The van der Waals surface area contributed by atoms with Crippen LogP contribution in [0.25, 0.3) is 0 Å². The molecule has 0 amide bonds. The van der Waals surface area contributed by atoms with E-state index in [1.165, 1.54) is 38.8 Å². The van der Waals surface area contributed by atoms with Gasteiger partial charge in [0.15, 0.2) is 0 Å². The zero-order chi connectivity index (χ0) is 12.9. The fourth-order valence-electron chi connectivity index (χ4n) is 4.33. The van der Waals surface area contributed by atoms with Crippen LogP contribution in [0.15, 0.2) is 0 Å². The van der Waals surface area contributed by atoms with Crippen LogP contribution in [-0.2, 0) is 0 Å². The molecule has 3 rings (SSSR count). The van der Waals surface area contributed by atoms with E-state index in [4.69, 9.17) is 0 Å². The van der Waals surface area contributed by atoms with E-state index in [1.807, 2.05) is 0 Å². The molecule has 0 aromatic heterocycles. The molecule has 0 spiro atoms. The number of hydrogen-bond donors (Lipinski definition) is 1. The van der Waals surface area contributed by atoms with Gasteiger partial charge in [-0.25, -0.2) is 0 Å². The maximum atomic E-state index is 3.85. The van der Waals surface area contributed by atoms with Gasteiger partial charge in [-0.15, -0.1) is 0 Å². The summed E-state index contributed by atoms with van der Waals surface area (Å²) in [6, 6.07) is 1.56. The maximum Gasteiger partial charge on any atom is 0.0309 e. The summed E-state index contributed by atoms with van der Waals surface area (Å²) in [5.41, 5.74) is 0.401. The van der Waals surface area contributed by atoms with Gasteiger partial charge >= 0.3 is 0 Å². The minimum atomic E-state index is 0.401. The fourth-order valence-corrected chi connectivity index (χ4v) is 4.33. The van der Waals surface area contributed by atoms with Crippen LogP contribution in [0.5, 0.6) is 0 Å². The molecule has 104 valence electrons. The number of hydrogen-bond acceptors (Lipinski definition) is 2. The zero-order valence-electron chi connectivity index (χ0n) is 12.6. The molecular formula is C16H30N2. The van der Waals surface area contributed by atoms with Gasteiger partial charge in [0.25, 0.3) is 0 Å². The molecule has 0 aromatic rings. The smallest absolute Gasteiger partial charge is 0.0309 e. The molecular weight excluding hydrogens is 220 g/mol. The average Bonchev–Trinajstić information content (AvgIpc) is 3.13. The molecule has 5 atom stereocenters. The Bertz CT molecular complexity index is 312. The van der Waals surface area contributed by atoms with Crippen LogP contribution >= 0.6 is 0 Å². The van der Waals surface area contributed by atoms with Crippen molar-refractivity contribution in [3.8, 4) is 0 Å². The molecule has 1 aliphatic heterocycles. The lowest BCUT2D eigenvalue weighted by Gasteiger charge is -2.49. The highest BCUT2D eigenvalue weighted by molar-refractivity contribution is 5.05. The summed E-state index contributed by atoms with van der Waals surface area (Å²) in [5.74, 6) is 2.75. The van der Waals surface area contributed by atoms with Crippen LogP contribution in [0.2, 0.25) is 0 Å². The van der Waals surface area contributed by atoms with Crippen molar-refractivity contribution in [2.24, 2.45) is 17.8 Å². The standard InChI is InChI=1S/C16H30N2/c1-11-5-8-15(13(11)3)18-10-16(4,14-6-7-14)17-9-12(18)2/h11-15,17H,5-10H2,1-4H3. The third-order valence-electron chi connectivity index (χ3n) is 6.21. The highest BCUT2D eigenvalue weighted by Gasteiger charge is 2.48. The molecule has 1 heterocycles. The van der Waals surface area contributed by atoms with Gasteiger partial charge in [-0.05, 0) is 57.3 Å². The van der Waals surface area contributed by atoms with Gasteiger partial charge in [-0.3, -0.25) is 4.90 Å². The van der Waals surface area contributed by atoms with E-state index in [-0.39, 0.29) is 0 Å². The van der Waals surface area contributed by atoms with Crippen molar-refractivity contribution in [2.45, 2.75) is 71.0 Å². The van der Waals surface area contributed by atoms with E-state index in [2.05, 4.69) is 37.9 Å². The van der Waals surface area contributed by atoms with Crippen molar-refractivity contribution in [3.05, 3.63) is 0 Å². The van der Waals surface area contributed by atoms with Crippen LogP contribution in [-0.4, -0.2) is 35.6 Å². The van der Waals surface area contributed by atoms with Gasteiger partial charge in [-0.1, -0.05) is 13.8 Å². The molecule has 2 nitrogen and oxygen atoms in total. The van der Waals surface area contributed by atoms with Gasteiger partial charge in [0.1, 0.15) is 0 Å². The molecule has 0 bridgehead atoms. The summed E-state index contributed by atoms with van der Waals surface area (Å²) in [7, 11) is 0. The van der Waals surface area contributed by atoms with Crippen LogP contribution in [0, 0.1) is 17.8 Å². The van der Waals surface area contributed by atoms with E-state index in [9.17, 15) is 0 Å². The van der Waals surface area contributed by atoms with Crippen molar-refractivity contribution < 1.29 is 0 Å². The lowest BCUT2D eigenvalue weighted by Crippen LogP contribution is -2.65. The third-order valence-corrected chi connectivity index (χ3v) is 6.21. The summed E-state index contributed by atoms with van der Waals surface area (Å²) < 4.78 is 0. The minimum Gasteiger partial charge on any atom is -0.308 e. The number of piperazine rings is 1. The molecule has 2 heteroatoms. The Kier molecular flexibility index (Phi) is 3.22. The number of rotatable bonds is 2. The average molecular weight is 250 g/mol. The molecule has 2 aliphatic carbocycles. The lowest BCUT2D eigenvalue weighted by atomic mass is 9.88. The molecule has 3 aliphatic rings. The summed E-state index contributed by atoms with van der Waals surface area (Å²) in [5, 5.41) is 3.85. The quantitative estimate of drug-likeness (QED) is 0.811. The van der Waals surface area contributed by atoms with Crippen molar-refractivity contribution in [1.29, 1.82) is 0 Å². The van der Waals surface area contributed by atoms with Gasteiger partial charge in [0.05, 0.1) is 0 Å². The normalized spacial score (nSPS) is 50.7. The summed E-state index contributed by atoms with van der Waals surface area (Å²) >= 11 is 0. The molecule has 0 radical (unpaired) electrons. The number of nitrogens with zero attached hydrogens (tertiary/aromatic N) is 1. The Labute approximate surface area is 113 Å². The first kappa shape index (κ1) is 12.9. The molecule has 2 saturated carbocycles. The second-order valence-electron chi connectivity index (χ2n) is 7.58. The van der Waals surface area contributed by atoms with Crippen LogP contribution in [0.3, 0.4) is 0 Å². The lowest BCUT2D eigenvalue weighted by molar-refractivity contribution is 0.0311. The summed E-state index contributed by atoms with van der Waals surface area (Å²) in [4.78, 5) is 2.85. The SMILES string of the molecule is CC1CCC(N2CC(C)(C3CC3)NCC2C)C1C. The molecule has 0 aromatic carbocycles. The molecule has 3 fully saturated rings. The second-order valence-corrected chi connectivity index (χ2v) is 7.58. The molecule has 18 heavy (non-hydrogen) atoms. The third kappa shape index (κ3) is 2.12. The van der Waals surface area contributed by atoms with Crippen molar-refractivity contribution >= 4 is 0 Å². The molecule has 1 N–H and O–H groups in total. The first-order valence-electron chi connectivity index (χ1n) is 8.02. The summed E-state index contributed by atoms with van der Waals surface area (Å²) in [6.07, 6.45) is 5.75. The van der Waals surface area contributed by atoms with Crippen LogP contribution in [0.4, 0.5) is 0 Å². The zero-order valence-corrected chi connectivity index (χ0v) is 12.6. The topological polar surface area (TPSA) is 15.3 Å². The Morgan fingerprint density at radius 1 is 1.06 bits per heavy atom. The Morgan fingerprint density at radius 3 is 2.33 bits per heavy atom. The van der Waals surface area contributed by atoms with Crippen molar-refractivity contribution in [2.75, 3.05) is 13.1 Å². The van der Waals surface area contributed by atoms with E-state index >= 15 is 0 Å². The highest BCUT2D eigenvalue weighted by atomic mass is 15.3.